The summed E-state index contributed by atoms with van der Waals surface area (Å²) in [5.74, 6) is -0.688. The van der Waals surface area contributed by atoms with E-state index in [1.165, 1.54) is 16.8 Å². The summed E-state index contributed by atoms with van der Waals surface area (Å²) >= 11 is 1.08. The van der Waals surface area contributed by atoms with Crippen molar-refractivity contribution in [3.8, 4) is 5.88 Å². The van der Waals surface area contributed by atoms with Gasteiger partial charge in [0.25, 0.3) is 5.91 Å². The molecule has 2 aromatic carbocycles. The van der Waals surface area contributed by atoms with Crippen molar-refractivity contribution in [2.24, 2.45) is 22.4 Å². The van der Waals surface area contributed by atoms with Gasteiger partial charge in [-0.1, -0.05) is 29.3 Å². The van der Waals surface area contributed by atoms with E-state index >= 15 is 0 Å². The number of amides is 2. The fourth-order valence-corrected chi connectivity index (χ4v) is 5.59. The normalized spacial score (nSPS) is 19.9. The molecule has 1 atom stereocenters. The van der Waals surface area contributed by atoms with Gasteiger partial charge in [-0.05, 0) is 43.8 Å². The van der Waals surface area contributed by atoms with Crippen LogP contribution in [0.3, 0.4) is 0 Å². The van der Waals surface area contributed by atoms with Gasteiger partial charge in [0.1, 0.15) is 0 Å². The number of thioether (sulfide) groups is 1. The third-order valence-electron chi connectivity index (χ3n) is 6.03. The number of aryl methyl sites for hydroxylation is 3. The van der Waals surface area contributed by atoms with Crippen molar-refractivity contribution in [2.45, 2.75) is 25.6 Å². The number of azo groups is 1. The number of aromatic nitrogens is 1. The lowest BCUT2D eigenvalue weighted by Gasteiger charge is -2.28. The molecule has 2 aliphatic rings. The number of hydrogen-bond acceptors (Lipinski definition) is 7. The first-order valence-corrected chi connectivity index (χ1v) is 11.1. The number of hydrogen-bond donors (Lipinski definition) is 1. The number of carbonyl (C=O) groups is 2. The van der Waals surface area contributed by atoms with Crippen LogP contribution in [0.25, 0.3) is 10.9 Å². The zero-order valence-electron chi connectivity index (χ0n) is 18.8. The molecule has 5 rings (SSSR count). The first-order valence-electron chi connectivity index (χ1n) is 10.3. The van der Waals surface area contributed by atoms with E-state index in [9.17, 15) is 14.7 Å². The molecule has 0 fully saturated rings. The number of rotatable bonds is 1. The molecule has 3 heterocycles. The van der Waals surface area contributed by atoms with Gasteiger partial charge in [0, 0.05) is 32.0 Å². The lowest BCUT2D eigenvalue weighted by atomic mass is 10.0. The summed E-state index contributed by atoms with van der Waals surface area (Å²) < 4.78 is 1.63. The summed E-state index contributed by atoms with van der Waals surface area (Å²) in [7, 11) is 3.42. The Labute approximate surface area is 194 Å². The van der Waals surface area contributed by atoms with Crippen LogP contribution in [-0.4, -0.2) is 38.7 Å². The van der Waals surface area contributed by atoms with Crippen molar-refractivity contribution in [1.82, 2.24) is 9.58 Å². The van der Waals surface area contributed by atoms with Crippen LogP contribution in [-0.2, 0) is 21.5 Å². The summed E-state index contributed by atoms with van der Waals surface area (Å²) in [6.07, 6.45) is 0. The molecule has 0 bridgehead atoms. The summed E-state index contributed by atoms with van der Waals surface area (Å²) in [4.78, 5) is 26.2. The Bertz CT molecular complexity index is 1430. The summed E-state index contributed by atoms with van der Waals surface area (Å²) in [5, 5.41) is 25.6. The molecular weight excluding hydrogens is 440 g/mol. The molecule has 0 aliphatic carbocycles. The van der Waals surface area contributed by atoms with Crippen molar-refractivity contribution in [1.29, 1.82) is 0 Å². The van der Waals surface area contributed by atoms with Crippen LogP contribution in [0, 0.1) is 13.8 Å². The van der Waals surface area contributed by atoms with Gasteiger partial charge in [0.2, 0.25) is 21.8 Å². The molecule has 1 aromatic heterocycles. The molecule has 1 unspecified atom stereocenters. The fourth-order valence-electron chi connectivity index (χ4n) is 4.37. The Morgan fingerprint density at radius 1 is 1.09 bits per heavy atom. The van der Waals surface area contributed by atoms with Crippen LogP contribution >= 0.6 is 11.8 Å². The standard InChI is InChI=1S/C23H22N6O3S/c1-12-6-8-17-15(10-12)19(20(31)27(17)4)24-25-22-26-29(14(3)30)23(33-22)16-11-13(2)7-9-18(16)28(5)21(23)32/h6-11,31H,1-5H3. The highest BCUT2D eigenvalue weighted by atomic mass is 32.2. The van der Waals surface area contributed by atoms with Gasteiger partial charge in [0.15, 0.2) is 5.69 Å². The van der Waals surface area contributed by atoms with Gasteiger partial charge in [0.05, 0.1) is 11.2 Å². The highest BCUT2D eigenvalue weighted by molar-refractivity contribution is 8.15. The maximum absolute atomic E-state index is 13.4. The molecule has 1 spiro atoms. The predicted octanol–water partition coefficient (Wildman–Crippen LogP) is 4.28. The van der Waals surface area contributed by atoms with Crippen LogP contribution in [0.1, 0.15) is 23.6 Å². The first-order chi connectivity index (χ1) is 15.6. The van der Waals surface area contributed by atoms with Crippen LogP contribution in [0.5, 0.6) is 5.88 Å². The number of fused-ring (bicyclic) bond motifs is 3. The van der Waals surface area contributed by atoms with Crippen LogP contribution < -0.4 is 4.90 Å². The zero-order valence-corrected chi connectivity index (χ0v) is 19.6. The Morgan fingerprint density at radius 2 is 1.79 bits per heavy atom. The third kappa shape index (κ3) is 2.90. The highest BCUT2D eigenvalue weighted by Gasteiger charge is 2.60. The Kier molecular flexibility index (Phi) is 4.61. The maximum Gasteiger partial charge on any atom is 0.270 e. The van der Waals surface area contributed by atoms with E-state index in [1.807, 2.05) is 50.2 Å². The smallest absolute Gasteiger partial charge is 0.270 e. The fraction of sp³-hybridized carbons (Fsp3) is 0.261. The number of aromatic hydroxyl groups is 1. The van der Waals surface area contributed by atoms with Gasteiger partial charge in [-0.15, -0.1) is 15.3 Å². The number of nitrogens with zero attached hydrogens (tertiary/aromatic N) is 6. The van der Waals surface area contributed by atoms with E-state index in [-0.39, 0.29) is 22.9 Å². The van der Waals surface area contributed by atoms with E-state index in [2.05, 4.69) is 15.3 Å². The van der Waals surface area contributed by atoms with Crippen LogP contribution in [0.2, 0.25) is 0 Å². The average molecular weight is 463 g/mol. The topological polar surface area (TPSA) is 103 Å². The Balaban J connectivity index is 1.60. The number of hydrazone groups is 1. The molecule has 9 nitrogen and oxygen atoms in total. The van der Waals surface area contributed by atoms with Gasteiger partial charge in [-0.3, -0.25) is 9.59 Å². The molecule has 2 aliphatic heterocycles. The molecule has 0 saturated carbocycles. The van der Waals surface area contributed by atoms with Gasteiger partial charge < -0.3 is 14.6 Å². The molecular formula is C23H22N6O3S. The number of carbonyl (C=O) groups excluding carboxylic acids is 2. The number of amidine groups is 1. The number of anilines is 1. The zero-order chi connectivity index (χ0) is 23.7. The summed E-state index contributed by atoms with van der Waals surface area (Å²) in [6.45, 7) is 5.25. The lowest BCUT2D eigenvalue weighted by molar-refractivity contribution is -0.138. The molecule has 0 radical (unpaired) electrons. The second kappa shape index (κ2) is 7.17. The quantitative estimate of drug-likeness (QED) is 0.545. The van der Waals surface area contributed by atoms with E-state index in [0.29, 0.717) is 11.3 Å². The summed E-state index contributed by atoms with van der Waals surface area (Å²) in [6, 6.07) is 11.5. The minimum Gasteiger partial charge on any atom is -0.493 e. The monoisotopic (exact) mass is 462 g/mol. The number of benzene rings is 2. The maximum atomic E-state index is 13.4. The van der Waals surface area contributed by atoms with E-state index < -0.39 is 4.87 Å². The van der Waals surface area contributed by atoms with Crippen molar-refractivity contribution >= 4 is 51.0 Å². The first kappa shape index (κ1) is 21.2. The van der Waals surface area contributed by atoms with E-state index in [4.69, 9.17) is 0 Å². The van der Waals surface area contributed by atoms with Crippen molar-refractivity contribution < 1.29 is 14.7 Å². The molecule has 10 heteroatoms. The van der Waals surface area contributed by atoms with Crippen LogP contribution in [0.15, 0.2) is 51.7 Å². The van der Waals surface area contributed by atoms with E-state index in [1.54, 1.807) is 18.7 Å². The van der Waals surface area contributed by atoms with Gasteiger partial charge in [-0.25, -0.2) is 0 Å². The van der Waals surface area contributed by atoms with Gasteiger partial charge >= 0.3 is 0 Å². The molecule has 2 amide bonds. The second-order valence-electron chi connectivity index (χ2n) is 8.30. The Morgan fingerprint density at radius 3 is 2.52 bits per heavy atom. The summed E-state index contributed by atoms with van der Waals surface area (Å²) in [5.41, 5.74) is 4.51. The minimum absolute atomic E-state index is 0.0290. The number of likely N-dealkylation sites (N-methyl/N-ethyl adjacent to an activating group) is 1. The average Bonchev–Trinajstić information content (AvgIpc) is 3.34. The third-order valence-corrected chi connectivity index (χ3v) is 7.24. The second-order valence-corrected chi connectivity index (χ2v) is 9.46. The van der Waals surface area contributed by atoms with Crippen molar-refractivity contribution in [3.63, 3.8) is 0 Å². The molecule has 0 saturated heterocycles. The highest BCUT2D eigenvalue weighted by Crippen LogP contribution is 2.55. The molecule has 3 aromatic rings. The lowest BCUT2D eigenvalue weighted by Crippen LogP contribution is -2.47. The van der Waals surface area contributed by atoms with Crippen LogP contribution in [0.4, 0.5) is 11.4 Å². The largest absolute Gasteiger partial charge is 0.493 e. The molecule has 1 N–H and O–H groups in total. The Hall–Kier alpha value is -3.66. The molecule has 33 heavy (non-hydrogen) atoms. The van der Waals surface area contributed by atoms with E-state index in [0.717, 1.165) is 39.5 Å². The van der Waals surface area contributed by atoms with Gasteiger partial charge in [-0.2, -0.15) is 5.01 Å². The molecule has 168 valence electrons. The van der Waals surface area contributed by atoms with Crippen molar-refractivity contribution in [3.05, 3.63) is 53.1 Å². The SMILES string of the molecule is CC(=O)N1N=C(N=Nc2c(O)n(C)c3ccc(C)cc23)SC12C(=O)N(C)c1ccc(C)cc12. The predicted molar refractivity (Wildman–Crippen MR) is 128 cm³/mol. The van der Waals surface area contributed by atoms with Crippen molar-refractivity contribution in [2.75, 3.05) is 11.9 Å². The minimum atomic E-state index is -1.37.